The van der Waals surface area contributed by atoms with Crippen molar-refractivity contribution in [2.24, 2.45) is 5.92 Å². The van der Waals surface area contributed by atoms with Crippen LogP contribution in [0.25, 0.3) is 0 Å². The third-order valence-electron chi connectivity index (χ3n) is 2.80. The first-order valence-corrected chi connectivity index (χ1v) is 6.87. The van der Waals surface area contributed by atoms with E-state index in [0.29, 0.717) is 0 Å². The monoisotopic (exact) mass is 201 g/mol. The summed E-state index contributed by atoms with van der Waals surface area (Å²) in [6, 6.07) is 0. The zero-order chi connectivity index (χ0) is 9.36. The van der Waals surface area contributed by atoms with Gasteiger partial charge in [-0.25, -0.2) is 0 Å². The predicted octanol–water partition coefficient (Wildman–Crippen LogP) is 2.91. The van der Waals surface area contributed by atoms with Crippen LogP contribution in [0, 0.1) is 5.92 Å². The molecule has 0 spiro atoms. The van der Waals surface area contributed by atoms with Crippen LogP contribution in [0.1, 0.15) is 39.0 Å². The molecule has 78 valence electrons. The Kier molecular flexibility index (Phi) is 6.73. The summed E-state index contributed by atoms with van der Waals surface area (Å²) in [6.45, 7) is 4.70. The molecule has 1 aliphatic rings. The van der Waals surface area contributed by atoms with Crippen molar-refractivity contribution in [3.05, 3.63) is 0 Å². The molecule has 1 N–H and O–H groups in total. The maximum atomic E-state index is 3.53. The molecule has 0 radical (unpaired) electrons. The minimum absolute atomic E-state index is 1.07. The fourth-order valence-corrected chi connectivity index (χ4v) is 2.29. The van der Waals surface area contributed by atoms with Gasteiger partial charge in [-0.05, 0) is 43.4 Å². The molecule has 1 aliphatic carbocycles. The van der Waals surface area contributed by atoms with Gasteiger partial charge in [-0.3, -0.25) is 0 Å². The summed E-state index contributed by atoms with van der Waals surface area (Å²) in [4.78, 5) is 0. The second kappa shape index (κ2) is 7.69. The normalized spacial score (nSPS) is 17.3. The molecule has 0 atom stereocenters. The SMILES string of the molecule is CCSCCCNCCC1CCC1. The summed E-state index contributed by atoms with van der Waals surface area (Å²) >= 11 is 2.05. The molecule has 0 aromatic carbocycles. The lowest BCUT2D eigenvalue weighted by molar-refractivity contribution is 0.292. The first-order chi connectivity index (χ1) is 6.43. The van der Waals surface area contributed by atoms with Gasteiger partial charge >= 0.3 is 0 Å². The van der Waals surface area contributed by atoms with E-state index in [0.717, 1.165) is 5.92 Å². The van der Waals surface area contributed by atoms with Crippen molar-refractivity contribution >= 4 is 11.8 Å². The average molecular weight is 201 g/mol. The molecular formula is C11H23NS. The summed E-state index contributed by atoms with van der Waals surface area (Å²) in [5.41, 5.74) is 0. The number of hydrogen-bond donors (Lipinski definition) is 1. The summed E-state index contributed by atoms with van der Waals surface area (Å²) in [7, 11) is 0. The van der Waals surface area contributed by atoms with Crippen LogP contribution in [0.3, 0.4) is 0 Å². The van der Waals surface area contributed by atoms with Crippen LogP contribution in [0.15, 0.2) is 0 Å². The fraction of sp³-hybridized carbons (Fsp3) is 1.00. The molecule has 0 heterocycles. The van der Waals surface area contributed by atoms with Crippen molar-refractivity contribution in [1.82, 2.24) is 5.32 Å². The molecule has 1 rings (SSSR count). The van der Waals surface area contributed by atoms with Gasteiger partial charge in [0.2, 0.25) is 0 Å². The van der Waals surface area contributed by atoms with E-state index in [2.05, 4.69) is 12.2 Å². The summed E-state index contributed by atoms with van der Waals surface area (Å²) in [5, 5.41) is 3.53. The molecule has 0 bridgehead atoms. The molecule has 0 amide bonds. The number of thioether (sulfide) groups is 1. The molecule has 0 saturated heterocycles. The van der Waals surface area contributed by atoms with Crippen LogP contribution in [-0.4, -0.2) is 24.6 Å². The predicted molar refractivity (Wildman–Crippen MR) is 62.4 cm³/mol. The maximum absolute atomic E-state index is 3.53. The van der Waals surface area contributed by atoms with Gasteiger partial charge < -0.3 is 5.32 Å². The molecule has 2 heteroatoms. The summed E-state index contributed by atoms with van der Waals surface area (Å²) in [5.74, 6) is 3.66. The molecule has 0 aromatic rings. The van der Waals surface area contributed by atoms with E-state index in [9.17, 15) is 0 Å². The minimum atomic E-state index is 1.07. The average Bonchev–Trinajstić information content (AvgIpc) is 2.07. The largest absolute Gasteiger partial charge is 0.317 e. The van der Waals surface area contributed by atoms with E-state index in [1.807, 2.05) is 11.8 Å². The third-order valence-corrected chi connectivity index (χ3v) is 3.79. The second-order valence-corrected chi connectivity index (χ2v) is 5.28. The van der Waals surface area contributed by atoms with Crippen molar-refractivity contribution in [2.75, 3.05) is 24.6 Å². The Morgan fingerprint density at radius 3 is 2.77 bits per heavy atom. The van der Waals surface area contributed by atoms with Crippen molar-refractivity contribution < 1.29 is 0 Å². The molecule has 1 nitrogen and oxygen atoms in total. The molecule has 0 aliphatic heterocycles. The molecule has 13 heavy (non-hydrogen) atoms. The standard InChI is InChI=1S/C11H23NS/c1-2-13-10-4-8-12-9-7-11-5-3-6-11/h11-12H,2-10H2,1H3. The van der Waals surface area contributed by atoms with E-state index >= 15 is 0 Å². The Morgan fingerprint density at radius 2 is 2.15 bits per heavy atom. The highest BCUT2D eigenvalue weighted by atomic mass is 32.2. The van der Waals surface area contributed by atoms with Crippen molar-refractivity contribution in [3.63, 3.8) is 0 Å². The molecule has 1 saturated carbocycles. The van der Waals surface area contributed by atoms with Gasteiger partial charge in [-0.1, -0.05) is 26.2 Å². The van der Waals surface area contributed by atoms with E-state index in [-0.39, 0.29) is 0 Å². The third kappa shape index (κ3) is 5.58. The lowest BCUT2D eigenvalue weighted by Gasteiger charge is -2.25. The van der Waals surface area contributed by atoms with Gasteiger partial charge in [0.15, 0.2) is 0 Å². The van der Waals surface area contributed by atoms with Crippen LogP contribution >= 0.6 is 11.8 Å². The van der Waals surface area contributed by atoms with Gasteiger partial charge in [0.05, 0.1) is 0 Å². The zero-order valence-corrected chi connectivity index (χ0v) is 9.67. The van der Waals surface area contributed by atoms with Crippen molar-refractivity contribution in [1.29, 1.82) is 0 Å². The number of nitrogens with one attached hydrogen (secondary N) is 1. The van der Waals surface area contributed by atoms with Crippen molar-refractivity contribution in [2.45, 2.75) is 39.0 Å². The molecule has 0 aromatic heterocycles. The van der Waals surface area contributed by atoms with Gasteiger partial charge in [0.1, 0.15) is 0 Å². The van der Waals surface area contributed by atoms with E-state index in [1.165, 1.54) is 56.7 Å². The lowest BCUT2D eigenvalue weighted by atomic mass is 9.83. The van der Waals surface area contributed by atoms with Gasteiger partial charge in [-0.2, -0.15) is 11.8 Å². The highest BCUT2D eigenvalue weighted by Gasteiger charge is 2.15. The van der Waals surface area contributed by atoms with Crippen molar-refractivity contribution in [3.8, 4) is 0 Å². The molecular weight excluding hydrogens is 178 g/mol. The van der Waals surface area contributed by atoms with Crippen LogP contribution in [-0.2, 0) is 0 Å². The fourth-order valence-electron chi connectivity index (χ4n) is 1.66. The number of hydrogen-bond acceptors (Lipinski definition) is 2. The maximum Gasteiger partial charge on any atom is -0.00411 e. The summed E-state index contributed by atoms with van der Waals surface area (Å²) < 4.78 is 0. The lowest BCUT2D eigenvalue weighted by Crippen LogP contribution is -2.22. The molecule has 0 unspecified atom stereocenters. The van der Waals surface area contributed by atoms with Crippen LogP contribution in [0.5, 0.6) is 0 Å². The Morgan fingerprint density at radius 1 is 1.31 bits per heavy atom. The first kappa shape index (κ1) is 11.4. The van der Waals surface area contributed by atoms with E-state index < -0.39 is 0 Å². The van der Waals surface area contributed by atoms with Gasteiger partial charge in [-0.15, -0.1) is 0 Å². The zero-order valence-electron chi connectivity index (χ0n) is 8.85. The summed E-state index contributed by atoms with van der Waals surface area (Å²) in [6.07, 6.45) is 7.22. The number of rotatable bonds is 8. The van der Waals surface area contributed by atoms with Crippen LogP contribution < -0.4 is 5.32 Å². The first-order valence-electron chi connectivity index (χ1n) is 5.72. The minimum Gasteiger partial charge on any atom is -0.317 e. The smallest absolute Gasteiger partial charge is 0.00411 e. The Labute approximate surface area is 87.1 Å². The highest BCUT2D eigenvalue weighted by molar-refractivity contribution is 7.99. The Balaban J connectivity index is 1.68. The Hall–Kier alpha value is 0.310. The quantitative estimate of drug-likeness (QED) is 0.606. The van der Waals surface area contributed by atoms with Gasteiger partial charge in [0, 0.05) is 0 Å². The van der Waals surface area contributed by atoms with Crippen LogP contribution in [0.2, 0.25) is 0 Å². The van der Waals surface area contributed by atoms with E-state index in [1.54, 1.807) is 0 Å². The molecule has 1 fully saturated rings. The Bertz CT molecular complexity index is 113. The topological polar surface area (TPSA) is 12.0 Å². The van der Waals surface area contributed by atoms with E-state index in [4.69, 9.17) is 0 Å². The highest BCUT2D eigenvalue weighted by Crippen LogP contribution is 2.28. The van der Waals surface area contributed by atoms with Crippen LogP contribution in [0.4, 0.5) is 0 Å². The second-order valence-electron chi connectivity index (χ2n) is 3.89. The van der Waals surface area contributed by atoms with Gasteiger partial charge in [0.25, 0.3) is 0 Å².